The maximum Gasteiger partial charge on any atom is 0.0175 e. The zero-order chi connectivity index (χ0) is 8.10. The van der Waals surface area contributed by atoms with Crippen molar-refractivity contribution in [1.82, 2.24) is 10.2 Å². The molecule has 0 aromatic carbocycles. The van der Waals surface area contributed by atoms with E-state index in [2.05, 4.69) is 10.2 Å². The molecule has 1 rings (SSSR count). The third kappa shape index (κ3) is 2.81. The quantitative estimate of drug-likeness (QED) is 0.681. The van der Waals surface area contributed by atoms with Crippen molar-refractivity contribution in [2.75, 3.05) is 33.2 Å². The highest BCUT2D eigenvalue weighted by molar-refractivity contribution is 6.25. The second-order valence-corrected chi connectivity index (χ2v) is 3.26. The lowest BCUT2D eigenvalue weighted by molar-refractivity contribution is 0.116. The van der Waals surface area contributed by atoms with E-state index in [9.17, 15) is 0 Å². The molecular formula is C8H15ClN2. The molecule has 0 radical (unpaired) electrons. The molecule has 64 valence electrons. The zero-order valence-corrected chi connectivity index (χ0v) is 7.64. The van der Waals surface area contributed by atoms with Gasteiger partial charge in [0.2, 0.25) is 0 Å². The fourth-order valence-corrected chi connectivity index (χ4v) is 1.51. The molecule has 1 aliphatic heterocycles. The molecular weight excluding hydrogens is 160 g/mol. The third-order valence-corrected chi connectivity index (χ3v) is 2.16. The smallest absolute Gasteiger partial charge is 0.0175 e. The van der Waals surface area contributed by atoms with Crippen molar-refractivity contribution < 1.29 is 0 Å². The van der Waals surface area contributed by atoms with E-state index >= 15 is 0 Å². The number of nitrogens with zero attached hydrogens (tertiary/aromatic N) is 1. The number of hydrogen-bond acceptors (Lipinski definition) is 2. The maximum atomic E-state index is 5.40. The monoisotopic (exact) mass is 174 g/mol. The van der Waals surface area contributed by atoms with Gasteiger partial charge in [-0.05, 0) is 13.0 Å². The number of likely N-dealkylation sites (tertiary alicyclic amines) is 1. The van der Waals surface area contributed by atoms with Gasteiger partial charge in [-0.2, -0.15) is 0 Å². The molecule has 2 nitrogen and oxygen atoms in total. The van der Waals surface area contributed by atoms with Gasteiger partial charge in [-0.25, -0.2) is 0 Å². The number of nitrogens with one attached hydrogen (secondary N) is 1. The summed E-state index contributed by atoms with van der Waals surface area (Å²) in [4.78, 5) is 2.38. The first kappa shape index (κ1) is 9.04. The van der Waals surface area contributed by atoms with Crippen molar-refractivity contribution in [3.63, 3.8) is 0 Å². The number of hydrogen-bond donors (Lipinski definition) is 1. The summed E-state index contributed by atoms with van der Waals surface area (Å²) in [6, 6.07) is 0. The van der Waals surface area contributed by atoms with Gasteiger partial charge >= 0.3 is 0 Å². The summed E-state index contributed by atoms with van der Waals surface area (Å²) in [6.45, 7) is 4.56. The Hall–Kier alpha value is -0.0500. The summed E-state index contributed by atoms with van der Waals surface area (Å²) in [6.07, 6.45) is 1.98. The molecule has 1 fully saturated rings. The normalized spacial score (nSPS) is 20.9. The Morgan fingerprint density at radius 2 is 2.36 bits per heavy atom. The SMILES string of the molecule is CNCC1CN(C/C=C/Cl)C1. The van der Waals surface area contributed by atoms with Crippen LogP contribution in [0.15, 0.2) is 11.6 Å². The van der Waals surface area contributed by atoms with Gasteiger partial charge in [0, 0.05) is 31.7 Å². The third-order valence-electron chi connectivity index (χ3n) is 1.98. The second-order valence-electron chi connectivity index (χ2n) is 3.00. The van der Waals surface area contributed by atoms with E-state index in [0.29, 0.717) is 0 Å². The largest absolute Gasteiger partial charge is 0.319 e. The first-order valence-electron chi connectivity index (χ1n) is 3.99. The van der Waals surface area contributed by atoms with Crippen molar-refractivity contribution in [1.29, 1.82) is 0 Å². The average molecular weight is 175 g/mol. The molecule has 11 heavy (non-hydrogen) atoms. The predicted octanol–water partition coefficient (Wildman–Crippen LogP) is 0.890. The van der Waals surface area contributed by atoms with Crippen LogP contribution in [0.3, 0.4) is 0 Å². The van der Waals surface area contributed by atoms with Crippen LogP contribution in [0.5, 0.6) is 0 Å². The molecule has 0 amide bonds. The molecule has 1 N–H and O–H groups in total. The Bertz CT molecular complexity index is 130. The molecule has 0 bridgehead atoms. The van der Waals surface area contributed by atoms with Gasteiger partial charge in [0.25, 0.3) is 0 Å². The molecule has 0 unspecified atom stereocenters. The summed E-state index contributed by atoms with van der Waals surface area (Å²) in [7, 11) is 2.00. The molecule has 1 aliphatic rings. The standard InChI is InChI=1S/C8H15ClN2/c1-10-5-8-6-11(7-8)4-2-3-9/h2-3,8,10H,4-7H2,1H3/b3-2+. The van der Waals surface area contributed by atoms with E-state index in [4.69, 9.17) is 11.6 Å². The minimum Gasteiger partial charge on any atom is -0.319 e. The first-order chi connectivity index (χ1) is 5.36. The van der Waals surface area contributed by atoms with Gasteiger partial charge in [0.1, 0.15) is 0 Å². The van der Waals surface area contributed by atoms with Crippen LogP contribution >= 0.6 is 11.6 Å². The number of rotatable bonds is 4. The Labute approximate surface area is 73.2 Å². The minimum atomic E-state index is 0.851. The molecule has 1 saturated heterocycles. The van der Waals surface area contributed by atoms with Crippen LogP contribution in [0.2, 0.25) is 0 Å². The Morgan fingerprint density at radius 3 is 2.91 bits per heavy atom. The minimum absolute atomic E-state index is 0.851. The highest BCUT2D eigenvalue weighted by Gasteiger charge is 2.24. The van der Waals surface area contributed by atoms with Crippen molar-refractivity contribution in [2.24, 2.45) is 5.92 Å². The van der Waals surface area contributed by atoms with Crippen LogP contribution in [0.4, 0.5) is 0 Å². The summed E-state index contributed by atoms with van der Waals surface area (Å²) < 4.78 is 0. The van der Waals surface area contributed by atoms with Gasteiger partial charge < -0.3 is 5.32 Å². The lowest BCUT2D eigenvalue weighted by Crippen LogP contribution is -2.50. The predicted molar refractivity (Wildman–Crippen MR) is 48.8 cm³/mol. The highest BCUT2D eigenvalue weighted by Crippen LogP contribution is 2.13. The summed E-state index contributed by atoms with van der Waals surface area (Å²) in [5.74, 6) is 0.851. The molecule has 0 aromatic rings. The van der Waals surface area contributed by atoms with Crippen molar-refractivity contribution in [2.45, 2.75) is 0 Å². The van der Waals surface area contributed by atoms with Crippen LogP contribution in [-0.2, 0) is 0 Å². The second kappa shape index (κ2) is 4.75. The molecule has 3 heteroatoms. The van der Waals surface area contributed by atoms with E-state index in [1.54, 1.807) is 5.54 Å². The van der Waals surface area contributed by atoms with Gasteiger partial charge in [-0.3, -0.25) is 4.90 Å². The lowest BCUT2D eigenvalue weighted by atomic mass is 10.0. The first-order valence-corrected chi connectivity index (χ1v) is 4.42. The summed E-state index contributed by atoms with van der Waals surface area (Å²) >= 11 is 5.40. The van der Waals surface area contributed by atoms with Crippen LogP contribution < -0.4 is 5.32 Å². The molecule has 0 spiro atoms. The molecule has 1 heterocycles. The lowest BCUT2D eigenvalue weighted by Gasteiger charge is -2.38. The zero-order valence-electron chi connectivity index (χ0n) is 6.89. The molecule has 0 aliphatic carbocycles. The van der Waals surface area contributed by atoms with Crippen LogP contribution in [0.25, 0.3) is 0 Å². The van der Waals surface area contributed by atoms with E-state index in [1.807, 2.05) is 13.1 Å². The van der Waals surface area contributed by atoms with Crippen LogP contribution in [0, 0.1) is 5.92 Å². The molecule has 0 atom stereocenters. The Balaban J connectivity index is 2.00. The van der Waals surface area contributed by atoms with E-state index in [1.165, 1.54) is 13.1 Å². The summed E-state index contributed by atoms with van der Waals surface area (Å²) in [5.41, 5.74) is 1.59. The van der Waals surface area contributed by atoms with Crippen LogP contribution in [0.1, 0.15) is 0 Å². The van der Waals surface area contributed by atoms with Crippen molar-refractivity contribution in [3.05, 3.63) is 11.6 Å². The van der Waals surface area contributed by atoms with E-state index < -0.39 is 0 Å². The molecule has 0 aromatic heterocycles. The van der Waals surface area contributed by atoms with Gasteiger partial charge in [-0.15, -0.1) is 0 Å². The molecule has 0 saturated carbocycles. The Kier molecular flexibility index (Phi) is 3.91. The fraction of sp³-hybridized carbons (Fsp3) is 0.750. The fourth-order valence-electron chi connectivity index (χ4n) is 1.43. The maximum absolute atomic E-state index is 5.40. The van der Waals surface area contributed by atoms with E-state index in [-0.39, 0.29) is 0 Å². The van der Waals surface area contributed by atoms with Crippen molar-refractivity contribution >= 4 is 11.6 Å². The highest BCUT2D eigenvalue weighted by atomic mass is 35.5. The van der Waals surface area contributed by atoms with Crippen LogP contribution in [-0.4, -0.2) is 38.1 Å². The van der Waals surface area contributed by atoms with E-state index in [0.717, 1.165) is 19.0 Å². The van der Waals surface area contributed by atoms with Gasteiger partial charge in [0.05, 0.1) is 0 Å². The average Bonchev–Trinajstić information content (AvgIpc) is 1.94. The number of halogens is 1. The van der Waals surface area contributed by atoms with Gasteiger partial charge in [0.15, 0.2) is 0 Å². The topological polar surface area (TPSA) is 15.3 Å². The van der Waals surface area contributed by atoms with Gasteiger partial charge in [-0.1, -0.05) is 17.7 Å². The summed E-state index contributed by atoms with van der Waals surface area (Å²) in [5, 5.41) is 3.18. The Morgan fingerprint density at radius 1 is 1.64 bits per heavy atom. The van der Waals surface area contributed by atoms with Crippen molar-refractivity contribution in [3.8, 4) is 0 Å².